The third-order valence-corrected chi connectivity index (χ3v) is 7.40. The fraction of sp³-hybridized carbons (Fsp3) is 0.381. The van der Waals surface area contributed by atoms with Crippen LogP contribution in [0, 0.1) is 0 Å². The Morgan fingerprint density at radius 2 is 1.91 bits per heavy atom. The van der Waals surface area contributed by atoms with Crippen molar-refractivity contribution in [2.24, 2.45) is 7.05 Å². The molecule has 12 heteroatoms. The number of aromatic nitrogens is 4. The van der Waals surface area contributed by atoms with E-state index in [0.717, 1.165) is 0 Å². The number of aryl methyl sites for hydroxylation is 1. The lowest BCUT2D eigenvalue weighted by molar-refractivity contribution is 0.0758. The molecule has 176 valence electrons. The van der Waals surface area contributed by atoms with Gasteiger partial charge in [-0.2, -0.15) is 14.5 Å². The topological polar surface area (TPSA) is 123 Å². The summed E-state index contributed by atoms with van der Waals surface area (Å²) in [7, 11) is 1.14. The van der Waals surface area contributed by atoms with E-state index < -0.39 is 10.0 Å². The molecule has 1 fully saturated rings. The number of amides is 1. The minimum absolute atomic E-state index is 0.148. The number of carbonyl (C=O) groups excluding carboxylic acids is 1. The maximum Gasteiger partial charge on any atom is 0.271 e. The Morgan fingerprint density at radius 1 is 1.09 bits per heavy atom. The molecule has 0 atom stereocenters. The van der Waals surface area contributed by atoms with Crippen LogP contribution in [0.1, 0.15) is 16.9 Å². The maximum atomic E-state index is 13.1. The smallest absolute Gasteiger partial charge is 0.271 e. The van der Waals surface area contributed by atoms with Gasteiger partial charge in [0.15, 0.2) is 0 Å². The fourth-order valence-corrected chi connectivity index (χ4v) is 5.23. The van der Waals surface area contributed by atoms with Gasteiger partial charge in [0.05, 0.1) is 26.1 Å². The molecular formula is C21H26N6O5S. The summed E-state index contributed by atoms with van der Waals surface area (Å²) in [5.74, 6) is 1.01. The lowest BCUT2D eigenvalue weighted by atomic mass is 10.1. The van der Waals surface area contributed by atoms with E-state index in [1.165, 1.54) is 21.4 Å². The first-order chi connectivity index (χ1) is 15.8. The summed E-state index contributed by atoms with van der Waals surface area (Å²) < 4.78 is 39.4. The molecule has 11 nitrogen and oxygen atoms in total. The molecule has 1 aliphatic heterocycles. The van der Waals surface area contributed by atoms with E-state index in [0.29, 0.717) is 48.0 Å². The zero-order valence-corrected chi connectivity index (χ0v) is 19.5. The number of carbonyl (C=O) groups is 1. The van der Waals surface area contributed by atoms with Gasteiger partial charge in [-0.25, -0.2) is 8.42 Å². The highest BCUT2D eigenvalue weighted by Gasteiger charge is 2.30. The predicted octanol–water partition coefficient (Wildman–Crippen LogP) is 1.36. The molecule has 0 spiro atoms. The molecule has 1 aliphatic rings. The summed E-state index contributed by atoms with van der Waals surface area (Å²) in [6, 6.07) is 7.01. The lowest BCUT2D eigenvalue weighted by Crippen LogP contribution is -2.37. The number of H-pyrrole nitrogens is 1. The van der Waals surface area contributed by atoms with Crippen LogP contribution in [0.3, 0.4) is 0 Å². The Hall–Kier alpha value is -3.38. The molecule has 33 heavy (non-hydrogen) atoms. The van der Waals surface area contributed by atoms with Crippen molar-refractivity contribution < 1.29 is 22.7 Å². The Morgan fingerprint density at radius 3 is 2.61 bits per heavy atom. The van der Waals surface area contributed by atoms with Crippen LogP contribution in [0.4, 0.5) is 0 Å². The maximum absolute atomic E-state index is 13.1. The largest absolute Gasteiger partial charge is 0.497 e. The predicted molar refractivity (Wildman–Crippen MR) is 120 cm³/mol. The van der Waals surface area contributed by atoms with Gasteiger partial charge in [0.2, 0.25) is 10.0 Å². The third kappa shape index (κ3) is 4.57. The summed E-state index contributed by atoms with van der Waals surface area (Å²) in [5.41, 5.74) is 1.56. The fourth-order valence-electron chi connectivity index (χ4n) is 3.77. The van der Waals surface area contributed by atoms with Crippen molar-refractivity contribution in [1.82, 2.24) is 29.2 Å². The van der Waals surface area contributed by atoms with Gasteiger partial charge in [0.25, 0.3) is 5.91 Å². The first kappa shape index (κ1) is 22.8. The van der Waals surface area contributed by atoms with Crippen molar-refractivity contribution in [2.75, 3.05) is 40.4 Å². The number of rotatable bonds is 6. The van der Waals surface area contributed by atoms with Gasteiger partial charge >= 0.3 is 0 Å². The molecule has 0 radical (unpaired) electrons. The average Bonchev–Trinajstić information content (AvgIpc) is 3.41. The normalized spacial score (nSPS) is 15.3. The van der Waals surface area contributed by atoms with Crippen molar-refractivity contribution in [1.29, 1.82) is 0 Å². The summed E-state index contributed by atoms with van der Waals surface area (Å²) >= 11 is 0. The molecule has 3 aromatic rings. The summed E-state index contributed by atoms with van der Waals surface area (Å²) in [4.78, 5) is 14.9. The first-order valence-electron chi connectivity index (χ1n) is 10.4. The molecule has 2 aromatic heterocycles. The molecule has 1 saturated heterocycles. The molecule has 0 bridgehead atoms. The number of aromatic amines is 1. The summed E-state index contributed by atoms with van der Waals surface area (Å²) in [6.45, 7) is 1.24. The second kappa shape index (κ2) is 9.24. The van der Waals surface area contributed by atoms with E-state index in [1.807, 2.05) is 0 Å². The minimum Gasteiger partial charge on any atom is -0.497 e. The number of methoxy groups -OCH3 is 2. The number of benzene rings is 1. The van der Waals surface area contributed by atoms with Gasteiger partial charge < -0.3 is 14.4 Å². The zero-order chi connectivity index (χ0) is 23.6. The van der Waals surface area contributed by atoms with Crippen LogP contribution in [0.2, 0.25) is 0 Å². The van der Waals surface area contributed by atoms with E-state index >= 15 is 0 Å². The molecule has 1 N–H and O–H groups in total. The Balaban J connectivity index is 1.49. The third-order valence-electron chi connectivity index (χ3n) is 5.55. The first-order valence-corrected chi connectivity index (χ1v) is 11.8. The standard InChI is InChI=1S/C21H26N6O5S/c1-25-14-16(13-22-25)33(29,30)27-8-4-7-26(9-10-27)21(28)19-12-18(23-24-19)17-11-15(31-2)5-6-20(17)32-3/h5-6,11-14H,4,7-10H2,1-3H3,(H,23,24). The van der Waals surface area contributed by atoms with Crippen molar-refractivity contribution in [3.8, 4) is 22.8 Å². The van der Waals surface area contributed by atoms with E-state index in [1.54, 1.807) is 50.4 Å². The molecular weight excluding hydrogens is 448 g/mol. The number of sulfonamides is 1. The van der Waals surface area contributed by atoms with Crippen molar-refractivity contribution in [3.05, 3.63) is 42.4 Å². The van der Waals surface area contributed by atoms with Crippen molar-refractivity contribution in [2.45, 2.75) is 11.3 Å². The number of nitrogens with zero attached hydrogens (tertiary/aromatic N) is 5. The van der Waals surface area contributed by atoms with Crippen molar-refractivity contribution >= 4 is 15.9 Å². The summed E-state index contributed by atoms with van der Waals surface area (Å²) in [5, 5.41) is 11.0. The molecule has 4 rings (SSSR count). The number of hydrogen-bond acceptors (Lipinski definition) is 7. The SMILES string of the molecule is COc1ccc(OC)c(-c2cc(C(=O)N3CCCN(S(=O)(=O)c4cnn(C)c4)CC3)[nH]n2)c1. The van der Waals surface area contributed by atoms with Crippen LogP contribution in [0.5, 0.6) is 11.5 Å². The second-order valence-corrected chi connectivity index (χ2v) is 9.57. The van der Waals surface area contributed by atoms with Crippen LogP contribution < -0.4 is 9.47 Å². The lowest BCUT2D eigenvalue weighted by Gasteiger charge is -2.21. The molecule has 0 unspecified atom stereocenters. The van der Waals surface area contributed by atoms with Crippen LogP contribution in [-0.4, -0.2) is 83.9 Å². The van der Waals surface area contributed by atoms with Crippen LogP contribution >= 0.6 is 0 Å². The minimum atomic E-state index is -3.66. The van der Waals surface area contributed by atoms with E-state index in [9.17, 15) is 13.2 Å². The quantitative estimate of drug-likeness (QED) is 0.572. The van der Waals surface area contributed by atoms with Gasteiger partial charge in [-0.05, 0) is 30.7 Å². The molecule has 1 amide bonds. The van der Waals surface area contributed by atoms with E-state index in [-0.39, 0.29) is 23.9 Å². The Labute approximate surface area is 191 Å². The number of nitrogens with one attached hydrogen (secondary N) is 1. The second-order valence-electron chi connectivity index (χ2n) is 7.63. The molecule has 0 aliphatic carbocycles. The van der Waals surface area contributed by atoms with Crippen molar-refractivity contribution in [3.63, 3.8) is 0 Å². The molecule has 0 saturated carbocycles. The van der Waals surface area contributed by atoms with Crippen LogP contribution in [0.25, 0.3) is 11.3 Å². The highest BCUT2D eigenvalue weighted by Crippen LogP contribution is 2.32. The van der Waals surface area contributed by atoms with Gasteiger partial charge in [0, 0.05) is 45.0 Å². The number of ether oxygens (including phenoxy) is 2. The highest BCUT2D eigenvalue weighted by atomic mass is 32.2. The molecule has 1 aromatic carbocycles. The number of hydrogen-bond donors (Lipinski definition) is 1. The van der Waals surface area contributed by atoms with Crippen LogP contribution in [0.15, 0.2) is 41.6 Å². The van der Waals surface area contributed by atoms with Gasteiger partial charge in [-0.15, -0.1) is 0 Å². The average molecular weight is 475 g/mol. The van der Waals surface area contributed by atoms with Gasteiger partial charge in [-0.1, -0.05) is 0 Å². The summed E-state index contributed by atoms with van der Waals surface area (Å²) in [6.07, 6.45) is 3.33. The highest BCUT2D eigenvalue weighted by molar-refractivity contribution is 7.89. The monoisotopic (exact) mass is 474 g/mol. The van der Waals surface area contributed by atoms with Crippen LogP contribution in [-0.2, 0) is 17.1 Å². The van der Waals surface area contributed by atoms with Gasteiger partial charge in [0.1, 0.15) is 22.1 Å². The Bertz CT molecular complexity index is 1250. The zero-order valence-electron chi connectivity index (χ0n) is 18.7. The van der Waals surface area contributed by atoms with E-state index in [4.69, 9.17) is 9.47 Å². The Kier molecular flexibility index (Phi) is 6.38. The van der Waals surface area contributed by atoms with Gasteiger partial charge in [-0.3, -0.25) is 14.6 Å². The molecule has 3 heterocycles. The van der Waals surface area contributed by atoms with E-state index in [2.05, 4.69) is 15.3 Å².